The van der Waals surface area contributed by atoms with Crippen molar-refractivity contribution in [1.29, 1.82) is 0 Å². The highest BCUT2D eigenvalue weighted by molar-refractivity contribution is 5.77. The van der Waals surface area contributed by atoms with Crippen LogP contribution < -0.4 is 5.56 Å². The molecule has 0 saturated carbocycles. The molecule has 1 aromatic rings. The normalized spacial score (nSPS) is 23.6. The van der Waals surface area contributed by atoms with Crippen LogP contribution >= 0.6 is 0 Å². The summed E-state index contributed by atoms with van der Waals surface area (Å²) in [5.41, 5.74) is 0.818. The first-order valence-corrected chi connectivity index (χ1v) is 7.64. The van der Waals surface area contributed by atoms with Gasteiger partial charge in [0, 0.05) is 45.2 Å². The van der Waals surface area contributed by atoms with Crippen molar-refractivity contribution in [1.82, 2.24) is 19.6 Å². The van der Waals surface area contributed by atoms with Crippen molar-refractivity contribution in [3.8, 4) is 0 Å². The number of aryl methyl sites for hydroxylation is 1. The SMILES string of the molecule is Cc1ccc(=O)n(CC2CN(CC3CN(C)C(=O)CO3)C2)n1. The minimum atomic E-state index is -0.0419. The predicted molar refractivity (Wildman–Crippen MR) is 80.5 cm³/mol. The van der Waals surface area contributed by atoms with Crippen molar-refractivity contribution in [3.63, 3.8) is 0 Å². The number of carbonyl (C=O) groups excluding carboxylic acids is 1. The van der Waals surface area contributed by atoms with Crippen molar-refractivity contribution in [2.24, 2.45) is 5.92 Å². The molecule has 1 amide bonds. The maximum atomic E-state index is 11.7. The molecule has 0 spiro atoms. The van der Waals surface area contributed by atoms with Gasteiger partial charge in [0.05, 0.1) is 18.3 Å². The van der Waals surface area contributed by atoms with Gasteiger partial charge in [0.15, 0.2) is 0 Å². The van der Waals surface area contributed by atoms with Gasteiger partial charge < -0.3 is 9.64 Å². The second kappa shape index (κ2) is 6.18. The number of likely N-dealkylation sites (tertiary alicyclic amines) is 1. The third-order valence-electron chi connectivity index (χ3n) is 4.27. The highest BCUT2D eigenvalue weighted by atomic mass is 16.5. The van der Waals surface area contributed by atoms with Gasteiger partial charge in [0.1, 0.15) is 6.61 Å². The average Bonchev–Trinajstić information content (AvgIpc) is 2.44. The number of morpholine rings is 1. The Morgan fingerprint density at radius 2 is 2.00 bits per heavy atom. The Balaban J connectivity index is 1.45. The molecule has 7 heteroatoms. The Bertz CT molecular complexity index is 609. The minimum Gasteiger partial charge on any atom is -0.365 e. The molecule has 2 aliphatic heterocycles. The number of hydrogen-bond donors (Lipinski definition) is 0. The number of nitrogens with zero attached hydrogens (tertiary/aromatic N) is 4. The first-order valence-electron chi connectivity index (χ1n) is 7.64. The molecule has 0 N–H and O–H groups in total. The van der Waals surface area contributed by atoms with Crippen LogP contribution in [0.1, 0.15) is 5.69 Å². The number of likely N-dealkylation sites (N-methyl/N-ethyl adjacent to an activating group) is 1. The summed E-state index contributed by atoms with van der Waals surface area (Å²) >= 11 is 0. The second-order valence-electron chi connectivity index (χ2n) is 6.29. The summed E-state index contributed by atoms with van der Waals surface area (Å²) in [6.07, 6.45) is 0.0865. The lowest BCUT2D eigenvalue weighted by Crippen LogP contribution is -2.55. The Labute approximate surface area is 129 Å². The molecule has 3 rings (SSSR count). The molecule has 2 aliphatic rings. The van der Waals surface area contributed by atoms with E-state index in [4.69, 9.17) is 4.74 Å². The first kappa shape index (κ1) is 15.2. The largest absolute Gasteiger partial charge is 0.365 e. The maximum absolute atomic E-state index is 11.7. The smallest absolute Gasteiger partial charge is 0.266 e. The van der Waals surface area contributed by atoms with Crippen molar-refractivity contribution in [2.75, 3.05) is 39.8 Å². The van der Waals surface area contributed by atoms with Gasteiger partial charge in [-0.2, -0.15) is 5.10 Å². The molecule has 1 unspecified atom stereocenters. The number of amides is 1. The van der Waals surface area contributed by atoms with E-state index in [1.165, 1.54) is 0 Å². The number of hydrogen-bond acceptors (Lipinski definition) is 5. The van der Waals surface area contributed by atoms with Crippen LogP contribution in [0.15, 0.2) is 16.9 Å². The molecular weight excluding hydrogens is 284 g/mol. The fraction of sp³-hybridized carbons (Fsp3) is 0.667. The van der Waals surface area contributed by atoms with Gasteiger partial charge in [-0.3, -0.25) is 14.5 Å². The summed E-state index contributed by atoms with van der Waals surface area (Å²) in [5.74, 6) is 0.498. The Hall–Kier alpha value is -1.73. The predicted octanol–water partition coefficient (Wildman–Crippen LogP) is -0.659. The van der Waals surface area contributed by atoms with Crippen molar-refractivity contribution in [3.05, 3.63) is 28.2 Å². The van der Waals surface area contributed by atoms with Crippen molar-refractivity contribution >= 4 is 5.91 Å². The molecule has 2 saturated heterocycles. The topological polar surface area (TPSA) is 67.7 Å². The third kappa shape index (κ3) is 3.36. The molecular formula is C15H22N4O3. The fourth-order valence-electron chi connectivity index (χ4n) is 3.03. The zero-order chi connectivity index (χ0) is 15.7. The van der Waals surface area contributed by atoms with E-state index in [9.17, 15) is 9.59 Å². The number of ether oxygens (including phenoxy) is 1. The summed E-state index contributed by atoms with van der Waals surface area (Å²) < 4.78 is 7.11. The van der Waals surface area contributed by atoms with E-state index in [2.05, 4.69) is 10.00 Å². The Kier molecular flexibility index (Phi) is 4.26. The van der Waals surface area contributed by atoms with Crippen LogP contribution in [0.2, 0.25) is 0 Å². The van der Waals surface area contributed by atoms with Gasteiger partial charge in [-0.1, -0.05) is 0 Å². The van der Waals surface area contributed by atoms with Gasteiger partial charge in [-0.15, -0.1) is 0 Å². The average molecular weight is 306 g/mol. The first-order chi connectivity index (χ1) is 10.5. The quantitative estimate of drug-likeness (QED) is 0.739. The fourth-order valence-corrected chi connectivity index (χ4v) is 3.03. The molecule has 1 aromatic heterocycles. The lowest BCUT2D eigenvalue weighted by atomic mass is 9.99. The van der Waals surface area contributed by atoms with Crippen molar-refractivity contribution < 1.29 is 9.53 Å². The van der Waals surface area contributed by atoms with E-state index < -0.39 is 0 Å². The summed E-state index contributed by atoms with van der Waals surface area (Å²) in [4.78, 5) is 27.1. The molecule has 0 bridgehead atoms. The molecule has 0 aliphatic carbocycles. The van der Waals surface area contributed by atoms with E-state index in [1.807, 2.05) is 14.0 Å². The van der Waals surface area contributed by atoms with E-state index in [0.717, 1.165) is 25.3 Å². The van der Waals surface area contributed by atoms with Gasteiger partial charge in [0.25, 0.3) is 5.56 Å². The zero-order valence-corrected chi connectivity index (χ0v) is 13.1. The van der Waals surface area contributed by atoms with Crippen LogP contribution in [0.4, 0.5) is 0 Å². The lowest BCUT2D eigenvalue weighted by Gasteiger charge is -2.42. The number of carbonyl (C=O) groups is 1. The molecule has 7 nitrogen and oxygen atoms in total. The summed E-state index contributed by atoms with van der Waals surface area (Å²) in [7, 11) is 1.81. The van der Waals surface area contributed by atoms with Gasteiger partial charge in [0.2, 0.25) is 5.91 Å². The zero-order valence-electron chi connectivity index (χ0n) is 13.1. The Morgan fingerprint density at radius 1 is 1.23 bits per heavy atom. The minimum absolute atomic E-state index is 0.0419. The lowest BCUT2D eigenvalue weighted by molar-refractivity contribution is -0.148. The summed E-state index contributed by atoms with van der Waals surface area (Å²) in [6, 6.07) is 3.31. The Morgan fingerprint density at radius 3 is 2.73 bits per heavy atom. The third-order valence-corrected chi connectivity index (χ3v) is 4.27. The van der Waals surface area contributed by atoms with Gasteiger partial charge in [-0.25, -0.2) is 4.68 Å². The molecule has 0 radical (unpaired) electrons. The number of aromatic nitrogens is 2. The number of rotatable bonds is 4. The van der Waals surface area contributed by atoms with E-state index >= 15 is 0 Å². The van der Waals surface area contributed by atoms with Gasteiger partial charge >= 0.3 is 0 Å². The summed E-state index contributed by atoms with van der Waals surface area (Å²) in [5, 5.41) is 4.27. The van der Waals surface area contributed by atoms with Crippen LogP contribution in [-0.4, -0.2) is 71.4 Å². The molecule has 0 aromatic carbocycles. The van der Waals surface area contributed by atoms with E-state index in [0.29, 0.717) is 19.0 Å². The molecule has 120 valence electrons. The van der Waals surface area contributed by atoms with E-state index in [1.54, 1.807) is 21.7 Å². The standard InChI is InChI=1S/C15H22N4O3/c1-11-3-4-14(20)19(16-11)7-12-5-18(6-12)9-13-8-17(2)15(21)10-22-13/h3-4,12-13H,5-10H2,1-2H3. The highest BCUT2D eigenvalue weighted by Crippen LogP contribution is 2.18. The van der Waals surface area contributed by atoms with Crippen LogP contribution in [0, 0.1) is 12.8 Å². The van der Waals surface area contributed by atoms with Crippen LogP contribution in [-0.2, 0) is 16.1 Å². The van der Waals surface area contributed by atoms with Crippen LogP contribution in [0.25, 0.3) is 0 Å². The van der Waals surface area contributed by atoms with Crippen LogP contribution in [0.5, 0.6) is 0 Å². The highest BCUT2D eigenvalue weighted by Gasteiger charge is 2.32. The molecule has 2 fully saturated rings. The molecule has 22 heavy (non-hydrogen) atoms. The second-order valence-corrected chi connectivity index (χ2v) is 6.29. The van der Waals surface area contributed by atoms with Crippen molar-refractivity contribution in [2.45, 2.75) is 19.6 Å². The maximum Gasteiger partial charge on any atom is 0.266 e. The van der Waals surface area contributed by atoms with E-state index in [-0.39, 0.29) is 24.2 Å². The monoisotopic (exact) mass is 306 g/mol. The summed E-state index contributed by atoms with van der Waals surface area (Å²) in [6.45, 7) is 6.12. The molecule has 3 heterocycles. The van der Waals surface area contributed by atoms with Crippen LogP contribution in [0.3, 0.4) is 0 Å². The molecule has 1 atom stereocenters. The van der Waals surface area contributed by atoms with Gasteiger partial charge in [-0.05, 0) is 13.0 Å².